The normalized spacial score (nSPS) is 12.3. The number of para-hydroxylation sites is 1. The second kappa shape index (κ2) is 12.5. The predicted octanol–water partition coefficient (Wildman–Crippen LogP) is 6.34. The van der Waals surface area contributed by atoms with Gasteiger partial charge in [-0.2, -0.15) is 10.1 Å². The molecule has 2 heterocycles. The number of aromatic amines is 1. The monoisotopic (exact) mass is 716 g/mol. The van der Waals surface area contributed by atoms with Crippen molar-refractivity contribution in [3.05, 3.63) is 65.0 Å². The van der Waals surface area contributed by atoms with Crippen molar-refractivity contribution in [2.24, 2.45) is 0 Å². The Bertz CT molecular complexity index is 1790. The van der Waals surface area contributed by atoms with Gasteiger partial charge in [0.2, 0.25) is 5.95 Å². The first-order valence-corrected chi connectivity index (χ1v) is 17.0. The summed E-state index contributed by atoms with van der Waals surface area (Å²) in [4.78, 5) is 21.9. The van der Waals surface area contributed by atoms with Gasteiger partial charge in [0.25, 0.3) is 0 Å². The molecule has 3 N–H and O–H groups in total. The molecule has 0 aliphatic heterocycles. The number of hydrogen-bond acceptors (Lipinski definition) is 10. The number of benzene rings is 2. The number of nitrogens with zero attached hydrogens (tertiary/aromatic N) is 3. The molecule has 0 radical (unpaired) electrons. The van der Waals surface area contributed by atoms with E-state index in [0.29, 0.717) is 39.7 Å². The maximum atomic E-state index is 13.0. The van der Waals surface area contributed by atoms with Gasteiger partial charge in [-0.05, 0) is 64.4 Å². The maximum Gasteiger partial charge on any atom is 0.359 e. The third-order valence-corrected chi connectivity index (χ3v) is 9.89. The van der Waals surface area contributed by atoms with Crippen molar-refractivity contribution in [1.82, 2.24) is 20.2 Å². The van der Waals surface area contributed by atoms with Gasteiger partial charge in [0.05, 0.1) is 39.9 Å². The highest BCUT2D eigenvalue weighted by Gasteiger charge is 2.30. The topological polar surface area (TPSA) is 148 Å². The molecular weight excluding hydrogens is 683 g/mol. The lowest BCUT2D eigenvalue weighted by Crippen LogP contribution is -2.16. The van der Waals surface area contributed by atoms with Crippen molar-refractivity contribution in [3.63, 3.8) is 0 Å². The van der Waals surface area contributed by atoms with E-state index < -0.39 is 21.1 Å². The summed E-state index contributed by atoms with van der Waals surface area (Å²) in [5.74, 6) is 0.926. The van der Waals surface area contributed by atoms with Crippen LogP contribution in [-0.4, -0.2) is 52.5 Å². The van der Waals surface area contributed by atoms with E-state index in [1.54, 1.807) is 51.2 Å². The molecule has 0 bridgehead atoms. The zero-order chi connectivity index (χ0) is 30.9. The number of hydrogen-bond donors (Lipinski definition) is 3. The minimum absolute atomic E-state index is 0.103. The van der Waals surface area contributed by atoms with Crippen LogP contribution in [0.4, 0.5) is 23.1 Å². The number of ether oxygens (including phenoxy) is 2. The highest BCUT2D eigenvalue weighted by molar-refractivity contribution is 14.1. The molecule has 1 aliphatic carbocycles. The second-order valence-corrected chi connectivity index (χ2v) is 13.8. The Morgan fingerprint density at radius 2 is 1.88 bits per heavy atom. The Labute approximate surface area is 264 Å². The minimum Gasteiger partial charge on any atom is -0.489 e. The van der Waals surface area contributed by atoms with E-state index >= 15 is 0 Å². The van der Waals surface area contributed by atoms with E-state index in [1.807, 2.05) is 26.0 Å². The summed E-state index contributed by atoms with van der Waals surface area (Å²) in [5, 5.41) is 13.2. The zero-order valence-electron chi connectivity index (χ0n) is 24.5. The quantitative estimate of drug-likeness (QED) is 0.0804. The number of H-pyrrole nitrogens is 1. The molecule has 0 saturated heterocycles. The molecule has 5 rings (SSSR count). The number of halogens is 1. The van der Waals surface area contributed by atoms with Crippen molar-refractivity contribution < 1.29 is 22.7 Å². The number of carbonyl (C=O) groups excluding carboxylic acids is 1. The number of nitrogens with one attached hydrogen (secondary N) is 3. The number of aromatic nitrogens is 4. The second-order valence-electron chi connectivity index (χ2n) is 10.5. The number of alkyl halides is 1. The molecule has 0 spiro atoms. The number of esters is 1. The highest BCUT2D eigenvalue weighted by atomic mass is 127. The number of carbonyl (C=O) groups is 1. The van der Waals surface area contributed by atoms with Crippen molar-refractivity contribution in [2.45, 2.75) is 61.7 Å². The molecule has 0 unspecified atom stereocenters. The average Bonchev–Trinajstić information content (AvgIpc) is 3.52. The summed E-state index contributed by atoms with van der Waals surface area (Å²) in [7, 11) is -3.54. The molecule has 0 fully saturated rings. The first-order chi connectivity index (χ1) is 20.5. The van der Waals surface area contributed by atoms with E-state index in [9.17, 15) is 13.2 Å². The largest absolute Gasteiger partial charge is 0.489 e. The van der Waals surface area contributed by atoms with Crippen LogP contribution in [0.2, 0.25) is 0 Å². The van der Waals surface area contributed by atoms with Gasteiger partial charge in [-0.1, -0.05) is 34.7 Å². The van der Waals surface area contributed by atoms with Gasteiger partial charge in [-0.15, -0.1) is 0 Å². The van der Waals surface area contributed by atoms with Crippen LogP contribution in [0.5, 0.6) is 5.75 Å². The van der Waals surface area contributed by atoms with Crippen LogP contribution in [0.3, 0.4) is 0 Å². The van der Waals surface area contributed by atoms with Gasteiger partial charge in [0.1, 0.15) is 11.6 Å². The van der Waals surface area contributed by atoms with Gasteiger partial charge in [-0.3, -0.25) is 5.10 Å². The SMILES string of the molecule is CCOC(=O)c1n[nH]c2c1Cc1cc(OC(C)C)c(Nc3ncc(CI)c(Nc4ccccc4S(=O)(=O)C(C)C)n3)cc1-2. The Kier molecular flexibility index (Phi) is 8.92. The molecule has 13 heteroatoms. The molecule has 0 atom stereocenters. The molecule has 2 aromatic heterocycles. The summed E-state index contributed by atoms with van der Waals surface area (Å²) >= 11 is 2.22. The first kappa shape index (κ1) is 30.7. The van der Waals surface area contributed by atoms with E-state index in [1.165, 1.54) is 0 Å². The van der Waals surface area contributed by atoms with E-state index in [2.05, 4.69) is 48.4 Å². The van der Waals surface area contributed by atoms with Crippen LogP contribution in [0.25, 0.3) is 11.3 Å². The molecular formula is C30H33IN6O5S. The van der Waals surface area contributed by atoms with Gasteiger partial charge in [0, 0.05) is 33.7 Å². The lowest BCUT2D eigenvalue weighted by molar-refractivity contribution is 0.0518. The molecule has 4 aromatic rings. The third kappa shape index (κ3) is 6.18. The minimum atomic E-state index is -3.54. The molecule has 1 aliphatic rings. The Morgan fingerprint density at radius 1 is 1.12 bits per heavy atom. The van der Waals surface area contributed by atoms with Gasteiger partial charge < -0.3 is 20.1 Å². The summed E-state index contributed by atoms with van der Waals surface area (Å²) in [6, 6.07) is 10.7. The highest BCUT2D eigenvalue weighted by Crippen LogP contribution is 2.43. The van der Waals surface area contributed by atoms with Gasteiger partial charge >= 0.3 is 5.97 Å². The van der Waals surface area contributed by atoms with Crippen molar-refractivity contribution in [3.8, 4) is 17.0 Å². The predicted molar refractivity (Wildman–Crippen MR) is 174 cm³/mol. The summed E-state index contributed by atoms with van der Waals surface area (Å²) in [6.45, 7) is 9.23. The molecule has 226 valence electrons. The van der Waals surface area contributed by atoms with Crippen LogP contribution < -0.4 is 15.4 Å². The smallest absolute Gasteiger partial charge is 0.359 e. The van der Waals surface area contributed by atoms with Crippen molar-refractivity contribution >= 4 is 61.5 Å². The summed E-state index contributed by atoms with van der Waals surface area (Å²) in [5.41, 5.74) is 5.56. The fourth-order valence-corrected chi connectivity index (χ4v) is 6.52. The summed E-state index contributed by atoms with van der Waals surface area (Å²) < 4.78 is 38.0. The van der Waals surface area contributed by atoms with Crippen LogP contribution in [-0.2, 0) is 25.4 Å². The fraction of sp³-hybridized carbons (Fsp3) is 0.333. The Hall–Kier alpha value is -3.72. The van der Waals surface area contributed by atoms with E-state index in [-0.39, 0.29) is 23.3 Å². The molecule has 0 amide bonds. The third-order valence-electron chi connectivity index (χ3n) is 6.86. The summed E-state index contributed by atoms with van der Waals surface area (Å²) in [6.07, 6.45) is 2.12. The van der Waals surface area contributed by atoms with Crippen LogP contribution >= 0.6 is 22.6 Å². The van der Waals surface area contributed by atoms with Gasteiger partial charge in [-0.25, -0.2) is 18.2 Å². The van der Waals surface area contributed by atoms with Crippen LogP contribution in [0.1, 0.15) is 61.8 Å². The van der Waals surface area contributed by atoms with E-state index in [4.69, 9.17) is 14.5 Å². The lowest BCUT2D eigenvalue weighted by atomic mass is 10.1. The number of sulfone groups is 1. The Morgan fingerprint density at radius 3 is 2.58 bits per heavy atom. The molecule has 43 heavy (non-hydrogen) atoms. The zero-order valence-corrected chi connectivity index (χ0v) is 27.5. The lowest BCUT2D eigenvalue weighted by Gasteiger charge is -2.18. The first-order valence-electron chi connectivity index (χ1n) is 13.9. The standard InChI is InChI=1S/C30H33IN6O5S/c1-6-41-29(38)27-21-11-18-12-24(42-16(2)3)23(13-20(18)26(21)36-37-27)34-30-32-15-19(14-31)28(35-30)33-22-9-7-8-10-25(22)43(39,40)17(4)5/h7-10,12-13,15-17H,6,11,14H2,1-5H3,(H,36,37)(H2,32,33,34,35). The Balaban J connectivity index is 1.52. The molecule has 11 nitrogen and oxygen atoms in total. The maximum absolute atomic E-state index is 13.0. The molecule has 2 aromatic carbocycles. The fourth-order valence-electron chi connectivity index (χ4n) is 4.76. The van der Waals surface area contributed by atoms with Crippen molar-refractivity contribution in [2.75, 3.05) is 17.2 Å². The van der Waals surface area contributed by atoms with Crippen LogP contribution in [0, 0.1) is 0 Å². The average molecular weight is 717 g/mol. The number of rotatable bonds is 11. The number of anilines is 4. The van der Waals surface area contributed by atoms with Gasteiger partial charge in [0.15, 0.2) is 15.5 Å². The van der Waals surface area contributed by atoms with Crippen molar-refractivity contribution in [1.29, 1.82) is 0 Å². The number of fused-ring (bicyclic) bond motifs is 3. The molecule has 0 saturated carbocycles. The van der Waals surface area contributed by atoms with E-state index in [0.717, 1.165) is 27.9 Å². The van der Waals surface area contributed by atoms with Crippen LogP contribution in [0.15, 0.2) is 47.5 Å².